The first-order chi connectivity index (χ1) is 8.69. The summed E-state index contributed by atoms with van der Waals surface area (Å²) in [6, 6.07) is 3.56. The smallest absolute Gasteiger partial charge is 0.0967 e. The molecule has 18 heavy (non-hydrogen) atoms. The van der Waals surface area contributed by atoms with Crippen LogP contribution in [-0.4, -0.2) is 60.6 Å². The van der Waals surface area contributed by atoms with Gasteiger partial charge in [0.05, 0.1) is 12.1 Å². The van der Waals surface area contributed by atoms with Crippen LogP contribution in [0.2, 0.25) is 0 Å². The Kier molecular flexibility index (Phi) is 4.99. The van der Waals surface area contributed by atoms with Gasteiger partial charge in [-0.25, -0.2) is 0 Å². The molecule has 2 saturated heterocycles. The van der Waals surface area contributed by atoms with E-state index in [2.05, 4.69) is 35.0 Å². The van der Waals surface area contributed by atoms with E-state index in [1.807, 2.05) is 0 Å². The summed E-state index contributed by atoms with van der Waals surface area (Å²) >= 11 is 0. The van der Waals surface area contributed by atoms with Gasteiger partial charge in [0.25, 0.3) is 0 Å². The van der Waals surface area contributed by atoms with Crippen molar-refractivity contribution in [3.05, 3.63) is 0 Å². The quantitative estimate of drug-likeness (QED) is 0.792. The van der Waals surface area contributed by atoms with Gasteiger partial charge >= 0.3 is 0 Å². The standard InChI is InChI=1S/C14H26N4/c1-12(2)16-13(10-15)5-7-17-8-9-18-6-3-4-14(18)11-17/h12-14,16H,3-9,11H2,1-2H3. The maximum absolute atomic E-state index is 9.12. The number of nitrogens with one attached hydrogen (secondary N) is 1. The van der Waals surface area contributed by atoms with Gasteiger partial charge in [0.2, 0.25) is 0 Å². The van der Waals surface area contributed by atoms with Crippen molar-refractivity contribution in [2.45, 2.75) is 51.2 Å². The summed E-state index contributed by atoms with van der Waals surface area (Å²) in [5.74, 6) is 0. The highest BCUT2D eigenvalue weighted by molar-refractivity contribution is 4.92. The maximum atomic E-state index is 9.12. The van der Waals surface area contributed by atoms with E-state index in [-0.39, 0.29) is 6.04 Å². The lowest BCUT2D eigenvalue weighted by Gasteiger charge is -2.37. The molecule has 0 aliphatic carbocycles. The molecular formula is C14H26N4. The highest BCUT2D eigenvalue weighted by Gasteiger charge is 2.30. The number of fused-ring (bicyclic) bond motifs is 1. The van der Waals surface area contributed by atoms with Gasteiger partial charge in [0.15, 0.2) is 0 Å². The summed E-state index contributed by atoms with van der Waals surface area (Å²) in [5, 5.41) is 12.4. The molecule has 2 aliphatic rings. The van der Waals surface area contributed by atoms with Gasteiger partial charge in [-0.05, 0) is 39.7 Å². The molecular weight excluding hydrogens is 224 g/mol. The molecule has 2 atom stereocenters. The van der Waals surface area contributed by atoms with Crippen LogP contribution >= 0.6 is 0 Å². The molecule has 0 bridgehead atoms. The lowest BCUT2D eigenvalue weighted by Crippen LogP contribution is -2.51. The highest BCUT2D eigenvalue weighted by atomic mass is 15.3. The summed E-state index contributed by atoms with van der Waals surface area (Å²) in [6.45, 7) is 10.2. The molecule has 4 nitrogen and oxygen atoms in total. The Balaban J connectivity index is 1.71. The summed E-state index contributed by atoms with van der Waals surface area (Å²) in [6.07, 6.45) is 3.68. The van der Waals surface area contributed by atoms with E-state index in [9.17, 15) is 0 Å². The monoisotopic (exact) mass is 250 g/mol. The van der Waals surface area contributed by atoms with Crippen LogP contribution in [0.15, 0.2) is 0 Å². The van der Waals surface area contributed by atoms with Crippen LogP contribution in [-0.2, 0) is 0 Å². The number of nitrogens with zero attached hydrogens (tertiary/aromatic N) is 3. The van der Waals surface area contributed by atoms with Crippen LogP contribution in [0, 0.1) is 11.3 Å². The SMILES string of the molecule is CC(C)NC(C#N)CCN1CCN2CCCC2C1. The van der Waals surface area contributed by atoms with Gasteiger partial charge in [-0.15, -0.1) is 0 Å². The Morgan fingerprint density at radius 2 is 2.17 bits per heavy atom. The molecule has 2 fully saturated rings. The van der Waals surface area contributed by atoms with Crippen molar-refractivity contribution in [3.63, 3.8) is 0 Å². The van der Waals surface area contributed by atoms with Crippen molar-refractivity contribution in [3.8, 4) is 6.07 Å². The molecule has 0 aromatic heterocycles. The predicted octanol–water partition coefficient (Wildman–Crippen LogP) is 1.05. The zero-order valence-corrected chi connectivity index (χ0v) is 11.7. The van der Waals surface area contributed by atoms with Gasteiger partial charge in [-0.3, -0.25) is 10.2 Å². The first-order valence-corrected chi connectivity index (χ1v) is 7.31. The largest absolute Gasteiger partial charge is 0.300 e. The van der Waals surface area contributed by atoms with Gasteiger partial charge in [-0.2, -0.15) is 5.26 Å². The average molecular weight is 250 g/mol. The second-order valence-electron chi connectivity index (χ2n) is 5.92. The van der Waals surface area contributed by atoms with Gasteiger partial charge in [-0.1, -0.05) is 0 Å². The first kappa shape index (κ1) is 13.8. The second-order valence-corrected chi connectivity index (χ2v) is 5.92. The Hall–Kier alpha value is -0.630. The average Bonchev–Trinajstić information content (AvgIpc) is 2.81. The van der Waals surface area contributed by atoms with Crippen molar-refractivity contribution < 1.29 is 0 Å². The molecule has 0 amide bonds. The van der Waals surface area contributed by atoms with Crippen LogP contribution in [0.4, 0.5) is 0 Å². The molecule has 2 heterocycles. The van der Waals surface area contributed by atoms with Crippen LogP contribution < -0.4 is 5.32 Å². The van der Waals surface area contributed by atoms with Gasteiger partial charge in [0.1, 0.15) is 0 Å². The Morgan fingerprint density at radius 3 is 2.89 bits per heavy atom. The van der Waals surface area contributed by atoms with Crippen LogP contribution in [0.1, 0.15) is 33.1 Å². The van der Waals surface area contributed by atoms with Crippen molar-refractivity contribution in [1.29, 1.82) is 5.26 Å². The molecule has 102 valence electrons. The second kappa shape index (κ2) is 6.51. The number of piperazine rings is 1. The first-order valence-electron chi connectivity index (χ1n) is 7.31. The molecule has 4 heteroatoms. The van der Waals surface area contributed by atoms with Crippen molar-refractivity contribution in [2.75, 3.05) is 32.7 Å². The normalized spacial score (nSPS) is 27.1. The van der Waals surface area contributed by atoms with E-state index in [4.69, 9.17) is 5.26 Å². The van der Waals surface area contributed by atoms with Crippen LogP contribution in [0.3, 0.4) is 0 Å². The number of hydrogen-bond donors (Lipinski definition) is 1. The number of hydrogen-bond acceptors (Lipinski definition) is 4. The Bertz CT molecular complexity index is 297. The third-order valence-corrected chi connectivity index (χ3v) is 4.10. The highest BCUT2D eigenvalue weighted by Crippen LogP contribution is 2.21. The minimum Gasteiger partial charge on any atom is -0.300 e. The van der Waals surface area contributed by atoms with Crippen molar-refractivity contribution in [2.24, 2.45) is 0 Å². The van der Waals surface area contributed by atoms with Gasteiger partial charge < -0.3 is 4.90 Å². The summed E-state index contributed by atoms with van der Waals surface area (Å²) < 4.78 is 0. The minimum absolute atomic E-state index is 0.00612. The zero-order chi connectivity index (χ0) is 13.0. The molecule has 0 spiro atoms. The van der Waals surface area contributed by atoms with E-state index in [1.165, 1.54) is 39.0 Å². The fourth-order valence-electron chi connectivity index (χ4n) is 3.16. The molecule has 2 rings (SSSR count). The minimum atomic E-state index is 0.00612. The predicted molar refractivity (Wildman–Crippen MR) is 73.3 cm³/mol. The molecule has 0 radical (unpaired) electrons. The lowest BCUT2D eigenvalue weighted by atomic mass is 10.1. The third-order valence-electron chi connectivity index (χ3n) is 4.10. The van der Waals surface area contributed by atoms with Gasteiger partial charge in [0, 0.05) is 38.3 Å². The van der Waals surface area contributed by atoms with Crippen molar-refractivity contribution in [1.82, 2.24) is 15.1 Å². The van der Waals surface area contributed by atoms with E-state index in [0.29, 0.717) is 6.04 Å². The molecule has 2 aliphatic heterocycles. The topological polar surface area (TPSA) is 42.3 Å². The Morgan fingerprint density at radius 1 is 1.33 bits per heavy atom. The summed E-state index contributed by atoms with van der Waals surface area (Å²) in [7, 11) is 0. The molecule has 0 aromatic carbocycles. The van der Waals surface area contributed by atoms with Crippen LogP contribution in [0.25, 0.3) is 0 Å². The van der Waals surface area contributed by atoms with Crippen molar-refractivity contribution >= 4 is 0 Å². The number of rotatable bonds is 5. The van der Waals surface area contributed by atoms with E-state index in [1.54, 1.807) is 0 Å². The molecule has 1 N–H and O–H groups in total. The fraction of sp³-hybridized carbons (Fsp3) is 0.929. The molecule has 0 saturated carbocycles. The zero-order valence-electron chi connectivity index (χ0n) is 11.7. The lowest BCUT2D eigenvalue weighted by molar-refractivity contribution is 0.102. The maximum Gasteiger partial charge on any atom is 0.0967 e. The summed E-state index contributed by atoms with van der Waals surface area (Å²) in [4.78, 5) is 5.17. The van der Waals surface area contributed by atoms with Crippen LogP contribution in [0.5, 0.6) is 0 Å². The Labute approximate surface area is 111 Å². The van der Waals surface area contributed by atoms with E-state index in [0.717, 1.165) is 19.0 Å². The molecule has 0 aromatic rings. The summed E-state index contributed by atoms with van der Waals surface area (Å²) in [5.41, 5.74) is 0. The van der Waals surface area contributed by atoms with E-state index >= 15 is 0 Å². The third kappa shape index (κ3) is 3.68. The van der Waals surface area contributed by atoms with E-state index < -0.39 is 0 Å². The fourth-order valence-corrected chi connectivity index (χ4v) is 3.16. The number of nitriles is 1. The molecule has 2 unspecified atom stereocenters.